The normalized spacial score (nSPS) is 11.9. The third-order valence-corrected chi connectivity index (χ3v) is 9.21. The van der Waals surface area contributed by atoms with Crippen LogP contribution < -0.4 is 0 Å². The fourth-order valence-electron chi connectivity index (χ4n) is 5.95. The van der Waals surface area contributed by atoms with Gasteiger partial charge in [-0.2, -0.15) is 0 Å². The molecule has 1 amide bonds. The summed E-state index contributed by atoms with van der Waals surface area (Å²) >= 11 is 0. The van der Waals surface area contributed by atoms with Crippen LogP contribution in [-0.2, 0) is 43.0 Å². The lowest BCUT2D eigenvalue weighted by molar-refractivity contribution is -0.160. The van der Waals surface area contributed by atoms with Crippen LogP contribution in [0.3, 0.4) is 0 Å². The molecule has 18 heteroatoms. The molecule has 0 rings (SSSR count). The molecule has 0 fully saturated rings. The molecule has 1 atom stereocenters. The van der Waals surface area contributed by atoms with E-state index in [1.807, 2.05) is 4.90 Å². The number of carbonyl (C=O) groups is 7. The number of ether oxygens (including phenoxy) is 2. The first-order valence-corrected chi connectivity index (χ1v) is 20.4. The molecule has 1 unspecified atom stereocenters. The second-order valence-electron chi connectivity index (χ2n) is 14.7. The lowest BCUT2D eigenvalue weighted by Crippen LogP contribution is -2.48. The van der Waals surface area contributed by atoms with Crippen LogP contribution >= 0.6 is 0 Å². The molecule has 0 saturated carbocycles. The summed E-state index contributed by atoms with van der Waals surface area (Å²) in [5, 5.41) is 36.9. The number of esters is 2. The standard InChI is InChI=1S/C39H71N5O13/c1-5-7-9-11-13-15-17-38(54)56-31-32(57-39(55)18-16-14-12-10-8-6-2)25-40(3)19-20-41(4)33(45)26-42(21-23-43(27-34(46)47)28-35(48)49)22-24-44(29-36(50)51)30-37(52)53/h32H,5-31H2,1-4H3,(H,46,47)(H,48,49)(H,50,51)(H,52,53). The van der Waals surface area contributed by atoms with Crippen LogP contribution in [0, 0.1) is 0 Å². The molecule has 0 saturated heterocycles. The third kappa shape index (κ3) is 31.9. The van der Waals surface area contributed by atoms with E-state index in [4.69, 9.17) is 9.47 Å². The van der Waals surface area contributed by atoms with E-state index >= 15 is 0 Å². The SMILES string of the molecule is CCCCCCCCC(=O)OCC(CN(C)CCN(C)C(=O)CN(CCN(CC(=O)O)CC(=O)O)CCN(CC(=O)O)CC(=O)O)OC(=O)CCCCCCCC. The second kappa shape index (κ2) is 33.1. The average molecular weight is 818 g/mol. The number of carboxylic acids is 4. The van der Waals surface area contributed by atoms with Gasteiger partial charge in [0.15, 0.2) is 0 Å². The zero-order valence-corrected chi connectivity index (χ0v) is 34.9. The molecule has 0 heterocycles. The van der Waals surface area contributed by atoms with E-state index in [-0.39, 0.29) is 76.7 Å². The van der Waals surface area contributed by atoms with Crippen molar-refractivity contribution in [1.29, 1.82) is 0 Å². The summed E-state index contributed by atoms with van der Waals surface area (Å²) in [7, 11) is 3.37. The molecule has 0 spiro atoms. The molecule has 0 aliphatic heterocycles. The summed E-state index contributed by atoms with van der Waals surface area (Å²) in [5.74, 6) is -6.01. The summed E-state index contributed by atoms with van der Waals surface area (Å²) in [6, 6.07) is 0. The van der Waals surface area contributed by atoms with Crippen molar-refractivity contribution >= 4 is 41.7 Å². The van der Waals surface area contributed by atoms with Gasteiger partial charge in [0.05, 0.1) is 32.7 Å². The first-order valence-electron chi connectivity index (χ1n) is 20.4. The quantitative estimate of drug-likeness (QED) is 0.0518. The number of unbranched alkanes of at least 4 members (excludes halogenated alkanes) is 10. The Balaban J connectivity index is 5.50. The number of hydrogen-bond acceptors (Lipinski definition) is 13. The van der Waals surface area contributed by atoms with Crippen LogP contribution in [0.15, 0.2) is 0 Å². The minimum atomic E-state index is -1.24. The Morgan fingerprint density at radius 2 is 0.895 bits per heavy atom. The number of amides is 1. The van der Waals surface area contributed by atoms with Crippen LogP contribution in [0.5, 0.6) is 0 Å². The van der Waals surface area contributed by atoms with Gasteiger partial charge in [-0.1, -0.05) is 78.1 Å². The molecule has 0 aliphatic rings. The van der Waals surface area contributed by atoms with Crippen molar-refractivity contribution in [3.05, 3.63) is 0 Å². The molecule has 57 heavy (non-hydrogen) atoms. The van der Waals surface area contributed by atoms with Gasteiger partial charge in [0.1, 0.15) is 12.7 Å². The maximum atomic E-state index is 13.4. The van der Waals surface area contributed by atoms with Gasteiger partial charge in [0.2, 0.25) is 5.91 Å². The first-order chi connectivity index (χ1) is 27.1. The van der Waals surface area contributed by atoms with Gasteiger partial charge < -0.3 is 39.7 Å². The van der Waals surface area contributed by atoms with E-state index in [2.05, 4.69) is 13.8 Å². The maximum Gasteiger partial charge on any atom is 0.317 e. The largest absolute Gasteiger partial charge is 0.480 e. The van der Waals surface area contributed by atoms with Gasteiger partial charge in [-0.25, -0.2) is 0 Å². The number of aliphatic carboxylic acids is 4. The predicted molar refractivity (Wildman–Crippen MR) is 212 cm³/mol. The van der Waals surface area contributed by atoms with Crippen molar-refractivity contribution in [3.8, 4) is 0 Å². The van der Waals surface area contributed by atoms with Crippen molar-refractivity contribution in [3.63, 3.8) is 0 Å². The zero-order chi connectivity index (χ0) is 43.0. The van der Waals surface area contributed by atoms with Gasteiger partial charge in [-0.3, -0.25) is 48.3 Å². The number of carbonyl (C=O) groups excluding carboxylic acids is 3. The van der Waals surface area contributed by atoms with Crippen molar-refractivity contribution in [2.24, 2.45) is 0 Å². The Kier molecular flexibility index (Phi) is 30.9. The van der Waals surface area contributed by atoms with E-state index in [0.29, 0.717) is 19.4 Å². The van der Waals surface area contributed by atoms with Gasteiger partial charge in [0.25, 0.3) is 0 Å². The predicted octanol–water partition coefficient (Wildman–Crippen LogP) is 2.58. The molecular weight excluding hydrogens is 746 g/mol. The topological polar surface area (TPSA) is 235 Å². The Labute approximate surface area is 338 Å². The Morgan fingerprint density at radius 3 is 1.33 bits per heavy atom. The lowest BCUT2D eigenvalue weighted by atomic mass is 10.1. The van der Waals surface area contributed by atoms with Gasteiger partial charge in [0, 0.05) is 65.7 Å². The van der Waals surface area contributed by atoms with Crippen molar-refractivity contribution in [2.75, 3.05) is 99.2 Å². The summed E-state index contributed by atoms with van der Waals surface area (Å²) in [5.41, 5.74) is 0. The molecule has 0 radical (unpaired) electrons. The Hall–Kier alpha value is -3.87. The number of hydrogen-bond donors (Lipinski definition) is 4. The highest BCUT2D eigenvalue weighted by Gasteiger charge is 2.23. The van der Waals surface area contributed by atoms with Crippen LogP contribution in [0.2, 0.25) is 0 Å². The van der Waals surface area contributed by atoms with Crippen LogP contribution in [-0.4, -0.2) is 192 Å². The van der Waals surface area contributed by atoms with E-state index in [1.54, 1.807) is 19.0 Å². The molecular formula is C39H71N5O13. The highest BCUT2D eigenvalue weighted by molar-refractivity contribution is 5.78. The summed E-state index contributed by atoms with van der Waals surface area (Å²) in [6.45, 7) is 2.60. The molecule has 4 N–H and O–H groups in total. The van der Waals surface area contributed by atoms with Crippen LogP contribution in [0.1, 0.15) is 104 Å². The van der Waals surface area contributed by atoms with Gasteiger partial charge in [-0.05, 0) is 19.9 Å². The van der Waals surface area contributed by atoms with Crippen molar-refractivity contribution in [1.82, 2.24) is 24.5 Å². The Bertz CT molecular complexity index is 1120. The van der Waals surface area contributed by atoms with E-state index in [9.17, 15) is 54.0 Å². The molecule has 0 aromatic heterocycles. The zero-order valence-electron chi connectivity index (χ0n) is 34.9. The molecule has 0 aromatic rings. The monoisotopic (exact) mass is 818 g/mol. The Morgan fingerprint density at radius 1 is 0.491 bits per heavy atom. The number of nitrogens with zero attached hydrogens (tertiary/aromatic N) is 5. The number of likely N-dealkylation sites (N-methyl/N-ethyl adjacent to an activating group) is 2. The van der Waals surface area contributed by atoms with Crippen molar-refractivity contribution < 1.29 is 63.5 Å². The molecule has 0 bridgehead atoms. The van der Waals surface area contributed by atoms with Gasteiger partial charge in [-0.15, -0.1) is 0 Å². The number of carboxylic acid groups (broad SMARTS) is 4. The number of rotatable bonds is 38. The average Bonchev–Trinajstić information content (AvgIpc) is 3.12. The molecule has 330 valence electrons. The minimum absolute atomic E-state index is 0.0391. The first kappa shape index (κ1) is 53.1. The highest BCUT2D eigenvalue weighted by atomic mass is 16.6. The smallest absolute Gasteiger partial charge is 0.317 e. The summed E-state index contributed by atoms with van der Waals surface area (Å²) in [6.07, 6.45) is 12.1. The van der Waals surface area contributed by atoms with E-state index < -0.39 is 56.2 Å². The van der Waals surface area contributed by atoms with Crippen LogP contribution in [0.25, 0.3) is 0 Å². The van der Waals surface area contributed by atoms with E-state index in [0.717, 1.165) is 64.2 Å². The van der Waals surface area contributed by atoms with Crippen molar-refractivity contribution in [2.45, 2.75) is 110 Å². The molecule has 0 aliphatic carbocycles. The minimum Gasteiger partial charge on any atom is -0.480 e. The summed E-state index contributed by atoms with van der Waals surface area (Å²) in [4.78, 5) is 91.2. The fraction of sp³-hybridized carbons (Fsp3) is 0.821. The second-order valence-corrected chi connectivity index (χ2v) is 14.7. The lowest BCUT2D eigenvalue weighted by Gasteiger charge is -2.30. The third-order valence-electron chi connectivity index (χ3n) is 9.21. The maximum absolute atomic E-state index is 13.4. The van der Waals surface area contributed by atoms with Gasteiger partial charge >= 0.3 is 35.8 Å². The van der Waals surface area contributed by atoms with Crippen LogP contribution in [0.4, 0.5) is 0 Å². The summed E-state index contributed by atoms with van der Waals surface area (Å²) < 4.78 is 11.3. The highest BCUT2D eigenvalue weighted by Crippen LogP contribution is 2.11. The van der Waals surface area contributed by atoms with E-state index in [1.165, 1.54) is 21.1 Å². The molecule has 18 nitrogen and oxygen atoms in total. The molecule has 0 aromatic carbocycles. The fourth-order valence-corrected chi connectivity index (χ4v) is 5.95.